The van der Waals surface area contributed by atoms with Gasteiger partial charge in [-0.3, -0.25) is 4.90 Å². The molecule has 27 heavy (non-hydrogen) atoms. The first-order valence-corrected chi connectivity index (χ1v) is 9.62. The number of nitrogens with zero attached hydrogens (tertiary/aromatic N) is 2. The van der Waals surface area contributed by atoms with Crippen molar-refractivity contribution < 1.29 is 19.1 Å². The fraction of sp³-hybridized carbons (Fsp3) is 0.524. The normalized spacial score (nSPS) is 15.5. The maximum Gasteiger partial charge on any atom is 0.409 e. The number of carbonyl (C=O) groups is 2. The van der Waals surface area contributed by atoms with Gasteiger partial charge in [0, 0.05) is 38.8 Å². The molecule has 6 nitrogen and oxygen atoms in total. The Hall–Kier alpha value is -2.34. The highest BCUT2D eigenvalue weighted by atomic mass is 16.6. The lowest BCUT2D eigenvalue weighted by molar-refractivity contribution is -0.137. The van der Waals surface area contributed by atoms with Crippen LogP contribution in [0.25, 0.3) is 5.57 Å². The van der Waals surface area contributed by atoms with E-state index in [9.17, 15) is 9.59 Å². The first-order chi connectivity index (χ1) is 13.0. The highest BCUT2D eigenvalue weighted by molar-refractivity contribution is 5.90. The number of hydrogen-bond acceptors (Lipinski definition) is 5. The largest absolute Gasteiger partial charge is 0.463 e. The third-order valence-corrected chi connectivity index (χ3v) is 4.65. The molecule has 0 unspecified atom stereocenters. The first-order valence-electron chi connectivity index (χ1n) is 9.62. The molecular weight excluding hydrogens is 344 g/mol. The molecule has 0 N–H and O–H groups in total. The summed E-state index contributed by atoms with van der Waals surface area (Å²) in [6, 6.07) is 8.29. The zero-order valence-corrected chi connectivity index (χ0v) is 16.6. The minimum absolute atomic E-state index is 0.209. The van der Waals surface area contributed by atoms with Gasteiger partial charge in [-0.1, -0.05) is 24.3 Å². The predicted octanol–water partition coefficient (Wildman–Crippen LogP) is 2.97. The fourth-order valence-corrected chi connectivity index (χ4v) is 3.03. The van der Waals surface area contributed by atoms with Crippen molar-refractivity contribution in [1.29, 1.82) is 0 Å². The number of carbonyl (C=O) groups excluding carboxylic acids is 2. The van der Waals surface area contributed by atoms with Crippen molar-refractivity contribution in [2.75, 3.05) is 45.9 Å². The quantitative estimate of drug-likeness (QED) is 0.542. The summed E-state index contributed by atoms with van der Waals surface area (Å²) < 4.78 is 9.99. The zero-order valence-electron chi connectivity index (χ0n) is 16.6. The molecule has 1 aliphatic rings. The minimum atomic E-state index is -0.305. The number of hydrogen-bond donors (Lipinski definition) is 0. The van der Waals surface area contributed by atoms with Crippen molar-refractivity contribution in [3.05, 3.63) is 41.5 Å². The van der Waals surface area contributed by atoms with Crippen molar-refractivity contribution in [2.24, 2.45) is 0 Å². The van der Waals surface area contributed by atoms with Crippen LogP contribution in [0.15, 0.2) is 30.3 Å². The predicted molar refractivity (Wildman–Crippen MR) is 105 cm³/mol. The van der Waals surface area contributed by atoms with Crippen LogP contribution in [0, 0.1) is 0 Å². The summed E-state index contributed by atoms with van der Waals surface area (Å²) >= 11 is 0. The van der Waals surface area contributed by atoms with Crippen LogP contribution in [-0.4, -0.2) is 67.8 Å². The Bertz CT molecular complexity index is 647. The van der Waals surface area contributed by atoms with E-state index < -0.39 is 0 Å². The number of ether oxygens (including phenoxy) is 2. The van der Waals surface area contributed by atoms with Crippen LogP contribution in [0.4, 0.5) is 4.79 Å². The smallest absolute Gasteiger partial charge is 0.409 e. The van der Waals surface area contributed by atoms with Crippen LogP contribution in [-0.2, 0) is 20.7 Å². The second kappa shape index (κ2) is 10.7. The summed E-state index contributed by atoms with van der Waals surface area (Å²) in [5.74, 6) is -0.305. The molecule has 1 heterocycles. The average Bonchev–Trinajstić information content (AvgIpc) is 2.67. The molecule has 0 bridgehead atoms. The summed E-state index contributed by atoms with van der Waals surface area (Å²) in [6.45, 7) is 10.5. The molecule has 0 aliphatic carbocycles. The van der Waals surface area contributed by atoms with E-state index in [4.69, 9.17) is 9.47 Å². The monoisotopic (exact) mass is 374 g/mol. The van der Waals surface area contributed by atoms with Crippen LogP contribution >= 0.6 is 0 Å². The van der Waals surface area contributed by atoms with Crippen LogP contribution < -0.4 is 0 Å². The highest BCUT2D eigenvalue weighted by Crippen LogP contribution is 2.15. The van der Waals surface area contributed by atoms with Crippen LogP contribution in [0.5, 0.6) is 0 Å². The maximum atomic E-state index is 11.7. The van der Waals surface area contributed by atoms with Gasteiger partial charge in [0.25, 0.3) is 0 Å². The third-order valence-electron chi connectivity index (χ3n) is 4.65. The van der Waals surface area contributed by atoms with Gasteiger partial charge in [0.2, 0.25) is 0 Å². The van der Waals surface area contributed by atoms with Crippen molar-refractivity contribution >= 4 is 17.6 Å². The molecule has 1 aromatic carbocycles. The second-order valence-electron chi connectivity index (χ2n) is 6.55. The van der Waals surface area contributed by atoms with Gasteiger partial charge in [-0.2, -0.15) is 0 Å². The van der Waals surface area contributed by atoms with Crippen molar-refractivity contribution in [1.82, 2.24) is 9.80 Å². The van der Waals surface area contributed by atoms with Gasteiger partial charge in [-0.05, 0) is 43.9 Å². The molecule has 0 atom stereocenters. The van der Waals surface area contributed by atoms with Gasteiger partial charge in [0.05, 0.1) is 13.2 Å². The standard InChI is InChI=1S/C21H30N2O4/c1-4-26-20(24)16-17(3)19-8-6-18(7-9-19)10-11-22-12-14-23(15-13-22)21(25)27-5-2/h6-9,16H,4-5,10-15H2,1-3H3/b17-16+. The van der Waals surface area contributed by atoms with Crippen LogP contribution in [0.1, 0.15) is 31.9 Å². The highest BCUT2D eigenvalue weighted by Gasteiger charge is 2.21. The molecule has 1 amide bonds. The average molecular weight is 374 g/mol. The van der Waals surface area contributed by atoms with Gasteiger partial charge >= 0.3 is 12.1 Å². The van der Waals surface area contributed by atoms with E-state index in [1.54, 1.807) is 11.8 Å². The van der Waals surface area contributed by atoms with Crippen LogP contribution in [0.3, 0.4) is 0 Å². The fourth-order valence-electron chi connectivity index (χ4n) is 3.03. The van der Waals surface area contributed by atoms with E-state index in [0.29, 0.717) is 13.2 Å². The summed E-state index contributed by atoms with van der Waals surface area (Å²) in [5.41, 5.74) is 3.18. The lowest BCUT2D eigenvalue weighted by Gasteiger charge is -2.34. The third kappa shape index (κ3) is 6.71. The first kappa shape index (κ1) is 21.0. The van der Waals surface area contributed by atoms with Crippen LogP contribution in [0.2, 0.25) is 0 Å². The molecule has 0 saturated carbocycles. The number of rotatable bonds is 7. The van der Waals surface area contributed by atoms with Gasteiger partial charge < -0.3 is 14.4 Å². The Morgan fingerprint density at radius 3 is 2.22 bits per heavy atom. The zero-order chi connectivity index (χ0) is 19.6. The molecule has 2 rings (SSSR count). The SMILES string of the molecule is CCOC(=O)/C=C(\C)c1ccc(CCN2CCN(C(=O)OCC)CC2)cc1. The number of amides is 1. The van der Waals surface area contributed by atoms with Gasteiger partial charge in [0.15, 0.2) is 0 Å². The second-order valence-corrected chi connectivity index (χ2v) is 6.55. The number of benzene rings is 1. The van der Waals surface area contributed by atoms with E-state index in [1.165, 1.54) is 11.6 Å². The Morgan fingerprint density at radius 1 is 1.00 bits per heavy atom. The van der Waals surface area contributed by atoms with Gasteiger partial charge in [-0.15, -0.1) is 0 Å². The van der Waals surface area contributed by atoms with Crippen molar-refractivity contribution in [3.63, 3.8) is 0 Å². The Morgan fingerprint density at radius 2 is 1.63 bits per heavy atom. The summed E-state index contributed by atoms with van der Waals surface area (Å²) in [6.07, 6.45) is 2.28. The topological polar surface area (TPSA) is 59.1 Å². The Balaban J connectivity index is 1.79. The molecule has 6 heteroatoms. The van der Waals surface area contributed by atoms with Crippen molar-refractivity contribution in [2.45, 2.75) is 27.2 Å². The van der Waals surface area contributed by atoms with E-state index in [2.05, 4.69) is 17.0 Å². The lowest BCUT2D eigenvalue weighted by atomic mass is 10.0. The van der Waals surface area contributed by atoms with E-state index in [0.717, 1.165) is 50.3 Å². The summed E-state index contributed by atoms with van der Waals surface area (Å²) in [5, 5.41) is 0. The Labute approximate surface area is 161 Å². The van der Waals surface area contributed by atoms with E-state index in [1.807, 2.05) is 26.0 Å². The van der Waals surface area contributed by atoms with Crippen molar-refractivity contribution in [3.8, 4) is 0 Å². The maximum absolute atomic E-state index is 11.7. The van der Waals surface area contributed by atoms with Gasteiger partial charge in [-0.25, -0.2) is 9.59 Å². The number of piperazine rings is 1. The molecule has 1 fully saturated rings. The molecule has 0 radical (unpaired) electrons. The summed E-state index contributed by atoms with van der Waals surface area (Å²) in [4.78, 5) is 27.4. The molecule has 1 aromatic rings. The van der Waals surface area contributed by atoms with Gasteiger partial charge in [0.1, 0.15) is 0 Å². The van der Waals surface area contributed by atoms with E-state index in [-0.39, 0.29) is 12.1 Å². The lowest BCUT2D eigenvalue weighted by Crippen LogP contribution is -2.49. The molecule has 1 saturated heterocycles. The number of allylic oxidation sites excluding steroid dienone is 1. The number of esters is 1. The molecular formula is C21H30N2O4. The molecule has 0 spiro atoms. The molecule has 148 valence electrons. The minimum Gasteiger partial charge on any atom is -0.463 e. The Kier molecular flexibility index (Phi) is 8.33. The molecule has 1 aliphatic heterocycles. The van der Waals surface area contributed by atoms with E-state index >= 15 is 0 Å². The summed E-state index contributed by atoms with van der Waals surface area (Å²) in [7, 11) is 0. The molecule has 0 aromatic heterocycles.